The van der Waals surface area contributed by atoms with Crippen molar-refractivity contribution in [3.05, 3.63) is 38.9 Å². The Morgan fingerprint density at radius 3 is 2.72 bits per heavy atom. The Balaban J connectivity index is 2.58. The lowest BCUT2D eigenvalue weighted by molar-refractivity contribution is 0.974. The van der Waals surface area contributed by atoms with Crippen LogP contribution in [0.1, 0.15) is 6.92 Å². The fourth-order valence-corrected chi connectivity index (χ4v) is 1.92. The van der Waals surface area contributed by atoms with Gasteiger partial charge in [0, 0.05) is 6.54 Å². The second kappa shape index (κ2) is 5.01. The molecule has 94 valence electrons. The summed E-state index contributed by atoms with van der Waals surface area (Å²) in [6.45, 7) is 2.59. The Morgan fingerprint density at radius 2 is 2.00 bits per heavy atom. The number of hydrogen-bond donors (Lipinski definition) is 4. The number of rotatable bonds is 2. The highest BCUT2D eigenvalue weighted by molar-refractivity contribution is 7.80. The van der Waals surface area contributed by atoms with Gasteiger partial charge in [-0.05, 0) is 31.3 Å². The van der Waals surface area contributed by atoms with E-state index in [1.807, 2.05) is 6.92 Å². The van der Waals surface area contributed by atoms with E-state index < -0.39 is 0 Å². The molecule has 1 aromatic carbocycles. The first-order chi connectivity index (χ1) is 8.63. The second-order valence-corrected chi connectivity index (χ2v) is 4.03. The minimum atomic E-state index is -0.369. The van der Waals surface area contributed by atoms with E-state index >= 15 is 0 Å². The zero-order chi connectivity index (χ0) is 13.1. The Labute approximate surface area is 107 Å². The van der Waals surface area contributed by atoms with Crippen molar-refractivity contribution in [2.24, 2.45) is 0 Å². The van der Waals surface area contributed by atoms with Crippen molar-refractivity contribution >= 4 is 33.8 Å². The SMILES string of the molecule is CCNC(=S)Nc1cccc2c(=O)[nH][nH]c(=O)c12. The van der Waals surface area contributed by atoms with Crippen LogP contribution >= 0.6 is 12.2 Å². The molecule has 0 saturated carbocycles. The van der Waals surface area contributed by atoms with Gasteiger partial charge in [-0.2, -0.15) is 0 Å². The number of aromatic nitrogens is 2. The molecule has 0 aliphatic rings. The third kappa shape index (κ3) is 2.25. The van der Waals surface area contributed by atoms with Gasteiger partial charge in [-0.15, -0.1) is 0 Å². The summed E-state index contributed by atoms with van der Waals surface area (Å²) in [7, 11) is 0. The van der Waals surface area contributed by atoms with Gasteiger partial charge in [0.2, 0.25) is 0 Å². The summed E-state index contributed by atoms with van der Waals surface area (Å²) in [6.07, 6.45) is 0. The van der Waals surface area contributed by atoms with Crippen LogP contribution in [0.4, 0.5) is 5.69 Å². The molecule has 2 rings (SSSR count). The molecule has 0 aliphatic heterocycles. The molecule has 0 saturated heterocycles. The van der Waals surface area contributed by atoms with E-state index in [0.717, 1.165) is 0 Å². The molecule has 1 aromatic heterocycles. The van der Waals surface area contributed by atoms with Crippen molar-refractivity contribution in [2.45, 2.75) is 6.92 Å². The molecule has 0 amide bonds. The number of hydrogen-bond acceptors (Lipinski definition) is 3. The zero-order valence-corrected chi connectivity index (χ0v) is 10.5. The van der Waals surface area contributed by atoms with Crippen molar-refractivity contribution in [3.8, 4) is 0 Å². The van der Waals surface area contributed by atoms with E-state index in [-0.39, 0.29) is 11.1 Å². The van der Waals surface area contributed by atoms with Crippen LogP contribution in [0, 0.1) is 0 Å². The standard InChI is InChI=1S/C11H12N4O2S/c1-2-12-11(18)13-7-5-3-4-6-8(7)10(17)15-14-9(6)16/h3-5H,2H2,1H3,(H,14,16)(H,15,17)(H2,12,13,18). The highest BCUT2D eigenvalue weighted by atomic mass is 32.1. The topological polar surface area (TPSA) is 89.8 Å². The van der Waals surface area contributed by atoms with E-state index in [1.165, 1.54) is 0 Å². The summed E-state index contributed by atoms with van der Waals surface area (Å²) in [5.74, 6) is 0. The number of thiocarbonyl (C=S) groups is 1. The average Bonchev–Trinajstić information content (AvgIpc) is 2.34. The molecular weight excluding hydrogens is 252 g/mol. The first-order valence-corrected chi connectivity index (χ1v) is 5.83. The van der Waals surface area contributed by atoms with Gasteiger partial charge in [0.15, 0.2) is 5.11 Å². The minimum absolute atomic E-state index is 0.293. The largest absolute Gasteiger partial charge is 0.363 e. The number of anilines is 1. The fraction of sp³-hybridized carbons (Fsp3) is 0.182. The molecule has 0 aliphatic carbocycles. The second-order valence-electron chi connectivity index (χ2n) is 3.62. The van der Waals surface area contributed by atoms with Crippen molar-refractivity contribution in [3.63, 3.8) is 0 Å². The van der Waals surface area contributed by atoms with Gasteiger partial charge in [-0.1, -0.05) is 6.07 Å². The monoisotopic (exact) mass is 264 g/mol. The number of aromatic amines is 2. The Hall–Kier alpha value is -2.15. The lowest BCUT2D eigenvalue weighted by atomic mass is 10.1. The Morgan fingerprint density at radius 1 is 1.28 bits per heavy atom. The summed E-state index contributed by atoms with van der Waals surface area (Å²) in [5, 5.41) is 11.4. The zero-order valence-electron chi connectivity index (χ0n) is 9.66. The molecule has 0 unspecified atom stereocenters. The first-order valence-electron chi connectivity index (χ1n) is 5.42. The summed E-state index contributed by atoms with van der Waals surface area (Å²) >= 11 is 5.05. The van der Waals surface area contributed by atoms with Crippen LogP contribution in [0.25, 0.3) is 10.8 Å². The van der Waals surface area contributed by atoms with Crippen molar-refractivity contribution in [2.75, 3.05) is 11.9 Å². The van der Waals surface area contributed by atoms with Crippen LogP contribution in [0.2, 0.25) is 0 Å². The maximum absolute atomic E-state index is 11.8. The molecular formula is C11H12N4O2S. The van der Waals surface area contributed by atoms with Crippen LogP contribution in [0.15, 0.2) is 27.8 Å². The van der Waals surface area contributed by atoms with E-state index in [2.05, 4.69) is 20.8 Å². The molecule has 2 aromatic rings. The van der Waals surface area contributed by atoms with Gasteiger partial charge < -0.3 is 10.6 Å². The van der Waals surface area contributed by atoms with Gasteiger partial charge in [-0.3, -0.25) is 19.8 Å². The molecule has 1 heterocycles. The van der Waals surface area contributed by atoms with E-state index in [0.29, 0.717) is 28.1 Å². The lowest BCUT2D eigenvalue weighted by Crippen LogP contribution is -2.29. The van der Waals surface area contributed by atoms with E-state index in [9.17, 15) is 9.59 Å². The smallest absolute Gasteiger partial charge is 0.272 e. The van der Waals surface area contributed by atoms with Crippen LogP contribution in [0.5, 0.6) is 0 Å². The molecule has 4 N–H and O–H groups in total. The van der Waals surface area contributed by atoms with Gasteiger partial charge in [0.05, 0.1) is 16.5 Å². The summed E-state index contributed by atoms with van der Waals surface area (Å²) in [4.78, 5) is 23.4. The number of benzene rings is 1. The molecule has 18 heavy (non-hydrogen) atoms. The minimum Gasteiger partial charge on any atom is -0.363 e. The van der Waals surface area contributed by atoms with Crippen molar-refractivity contribution in [1.29, 1.82) is 0 Å². The molecule has 6 nitrogen and oxygen atoms in total. The predicted molar refractivity (Wildman–Crippen MR) is 75.1 cm³/mol. The first kappa shape index (κ1) is 12.3. The van der Waals surface area contributed by atoms with E-state index in [4.69, 9.17) is 12.2 Å². The van der Waals surface area contributed by atoms with Gasteiger partial charge in [0.1, 0.15) is 0 Å². The maximum Gasteiger partial charge on any atom is 0.272 e. The molecule has 0 radical (unpaired) electrons. The van der Waals surface area contributed by atoms with Crippen LogP contribution in [0.3, 0.4) is 0 Å². The highest BCUT2D eigenvalue weighted by Gasteiger charge is 2.08. The lowest BCUT2D eigenvalue weighted by Gasteiger charge is -2.10. The van der Waals surface area contributed by atoms with Crippen molar-refractivity contribution < 1.29 is 0 Å². The van der Waals surface area contributed by atoms with Crippen molar-refractivity contribution in [1.82, 2.24) is 15.5 Å². The van der Waals surface area contributed by atoms with Gasteiger partial charge >= 0.3 is 0 Å². The number of fused-ring (bicyclic) bond motifs is 1. The van der Waals surface area contributed by atoms with Crippen LogP contribution in [-0.2, 0) is 0 Å². The molecule has 0 fully saturated rings. The number of nitrogens with one attached hydrogen (secondary N) is 4. The molecule has 0 bridgehead atoms. The Kier molecular flexibility index (Phi) is 3.42. The average molecular weight is 264 g/mol. The molecule has 0 atom stereocenters. The summed E-state index contributed by atoms with van der Waals surface area (Å²) in [6, 6.07) is 4.97. The van der Waals surface area contributed by atoms with E-state index in [1.54, 1.807) is 18.2 Å². The number of H-pyrrole nitrogens is 2. The third-order valence-electron chi connectivity index (χ3n) is 2.41. The highest BCUT2D eigenvalue weighted by Crippen LogP contribution is 2.16. The summed E-state index contributed by atoms with van der Waals surface area (Å²) in [5.41, 5.74) is -0.208. The van der Waals surface area contributed by atoms with Crippen LogP contribution in [-0.4, -0.2) is 21.9 Å². The third-order valence-corrected chi connectivity index (χ3v) is 2.66. The maximum atomic E-state index is 11.8. The predicted octanol–water partition coefficient (Wildman–Crippen LogP) is 0.523. The molecule has 0 spiro atoms. The molecule has 7 heteroatoms. The van der Waals surface area contributed by atoms with Crippen LogP contribution < -0.4 is 21.8 Å². The van der Waals surface area contributed by atoms with Gasteiger partial charge in [0.25, 0.3) is 11.1 Å². The fourth-order valence-electron chi connectivity index (χ4n) is 1.66. The Bertz CT molecular complexity index is 704. The summed E-state index contributed by atoms with van der Waals surface area (Å²) < 4.78 is 0. The van der Waals surface area contributed by atoms with Gasteiger partial charge in [-0.25, -0.2) is 0 Å². The normalized spacial score (nSPS) is 10.3. The quantitative estimate of drug-likeness (QED) is 0.594.